The summed E-state index contributed by atoms with van der Waals surface area (Å²) < 4.78 is 19.8. The van der Waals surface area contributed by atoms with Crippen molar-refractivity contribution in [3.05, 3.63) is 76.2 Å². The Morgan fingerprint density at radius 1 is 1.24 bits per heavy atom. The summed E-state index contributed by atoms with van der Waals surface area (Å²) in [6.07, 6.45) is 2.48. The second kappa shape index (κ2) is 5.86. The standard InChI is InChI=1S/C18H12FN3O3/c19-14-3-1-2-11(6-14)8-22-9-13(10-23)15-7-12(4-5-16(15)22)17-20-18(24)25-21-17/h1-7,9-10H,8H2,(H,20,21,24). The first-order valence-electron chi connectivity index (χ1n) is 7.53. The lowest BCUT2D eigenvalue weighted by atomic mass is 10.1. The van der Waals surface area contributed by atoms with Gasteiger partial charge in [-0.15, -0.1) is 0 Å². The SMILES string of the molecule is O=Cc1cn(Cc2cccc(F)c2)c2ccc(-c3noc(=O)[nH]3)cc12. The molecule has 0 bridgehead atoms. The van der Waals surface area contributed by atoms with Crippen LogP contribution in [0.15, 0.2) is 58.0 Å². The van der Waals surface area contributed by atoms with Crippen LogP contribution in [0.5, 0.6) is 0 Å². The van der Waals surface area contributed by atoms with Crippen LogP contribution in [-0.4, -0.2) is 21.0 Å². The summed E-state index contributed by atoms with van der Waals surface area (Å²) in [5.41, 5.74) is 2.74. The van der Waals surface area contributed by atoms with Gasteiger partial charge in [0, 0.05) is 34.8 Å². The molecule has 0 fully saturated rings. The van der Waals surface area contributed by atoms with E-state index in [1.165, 1.54) is 12.1 Å². The van der Waals surface area contributed by atoms with E-state index in [-0.39, 0.29) is 5.82 Å². The number of nitrogens with zero attached hydrogens (tertiary/aromatic N) is 2. The van der Waals surface area contributed by atoms with Gasteiger partial charge in [0.1, 0.15) is 5.82 Å². The topological polar surface area (TPSA) is 80.9 Å². The number of aromatic amines is 1. The van der Waals surface area contributed by atoms with Crippen LogP contribution in [0.25, 0.3) is 22.3 Å². The van der Waals surface area contributed by atoms with E-state index in [0.717, 1.165) is 17.4 Å². The first kappa shape index (κ1) is 15.1. The molecule has 6 nitrogen and oxygen atoms in total. The van der Waals surface area contributed by atoms with Gasteiger partial charge < -0.3 is 4.57 Å². The molecular formula is C18H12FN3O3. The van der Waals surface area contributed by atoms with Crippen LogP contribution >= 0.6 is 0 Å². The van der Waals surface area contributed by atoms with E-state index in [9.17, 15) is 14.0 Å². The van der Waals surface area contributed by atoms with Gasteiger partial charge in [-0.25, -0.2) is 9.18 Å². The van der Waals surface area contributed by atoms with Crippen LogP contribution in [0.3, 0.4) is 0 Å². The molecule has 0 amide bonds. The third-order valence-electron chi connectivity index (χ3n) is 3.99. The molecule has 0 atom stereocenters. The van der Waals surface area contributed by atoms with Gasteiger partial charge in [0.15, 0.2) is 12.1 Å². The van der Waals surface area contributed by atoms with E-state index in [1.807, 2.05) is 16.7 Å². The highest BCUT2D eigenvalue weighted by Gasteiger charge is 2.12. The first-order valence-corrected chi connectivity index (χ1v) is 7.53. The van der Waals surface area contributed by atoms with E-state index in [4.69, 9.17) is 0 Å². The Labute approximate surface area is 140 Å². The third kappa shape index (κ3) is 2.76. The normalized spacial score (nSPS) is 11.1. The molecule has 2 aromatic heterocycles. The zero-order chi connectivity index (χ0) is 17.4. The number of benzene rings is 2. The minimum atomic E-state index is -0.644. The van der Waals surface area contributed by atoms with Gasteiger partial charge in [-0.2, -0.15) is 0 Å². The number of fused-ring (bicyclic) bond motifs is 1. The Bertz CT molecular complexity index is 1140. The molecule has 4 aromatic rings. The molecule has 0 radical (unpaired) electrons. The molecule has 0 aliphatic heterocycles. The molecule has 0 saturated heterocycles. The van der Waals surface area contributed by atoms with Crippen molar-refractivity contribution in [2.75, 3.05) is 0 Å². The fourth-order valence-electron chi connectivity index (χ4n) is 2.88. The van der Waals surface area contributed by atoms with Crippen LogP contribution in [0.1, 0.15) is 15.9 Å². The zero-order valence-corrected chi connectivity index (χ0v) is 12.9. The molecule has 0 unspecified atom stereocenters. The van der Waals surface area contributed by atoms with E-state index in [0.29, 0.717) is 28.9 Å². The number of halogens is 1. The molecule has 0 spiro atoms. The number of H-pyrrole nitrogens is 1. The fraction of sp³-hybridized carbons (Fsp3) is 0.0556. The molecule has 2 heterocycles. The number of hydrogen-bond donors (Lipinski definition) is 1. The summed E-state index contributed by atoms with van der Waals surface area (Å²) in [6, 6.07) is 11.7. The monoisotopic (exact) mass is 337 g/mol. The Balaban J connectivity index is 1.81. The van der Waals surface area contributed by atoms with Crippen LogP contribution in [0.2, 0.25) is 0 Å². The van der Waals surface area contributed by atoms with Crippen molar-refractivity contribution < 1.29 is 13.7 Å². The minimum absolute atomic E-state index is 0.293. The van der Waals surface area contributed by atoms with Crippen molar-refractivity contribution in [1.82, 2.24) is 14.7 Å². The van der Waals surface area contributed by atoms with Gasteiger partial charge in [0.05, 0.1) is 0 Å². The van der Waals surface area contributed by atoms with Crippen molar-refractivity contribution in [2.24, 2.45) is 0 Å². The zero-order valence-electron chi connectivity index (χ0n) is 12.9. The maximum absolute atomic E-state index is 13.4. The summed E-state index contributed by atoms with van der Waals surface area (Å²) in [4.78, 5) is 25.0. The molecule has 4 rings (SSSR count). The Morgan fingerprint density at radius 3 is 2.84 bits per heavy atom. The van der Waals surface area contributed by atoms with Gasteiger partial charge in [0.25, 0.3) is 0 Å². The highest BCUT2D eigenvalue weighted by molar-refractivity contribution is 5.99. The Kier molecular flexibility index (Phi) is 3.53. The number of nitrogens with one attached hydrogen (secondary N) is 1. The van der Waals surface area contributed by atoms with Crippen molar-refractivity contribution in [2.45, 2.75) is 6.54 Å². The Hall–Kier alpha value is -3.48. The number of aldehydes is 1. The highest BCUT2D eigenvalue weighted by Crippen LogP contribution is 2.26. The van der Waals surface area contributed by atoms with Crippen molar-refractivity contribution >= 4 is 17.2 Å². The van der Waals surface area contributed by atoms with Crippen molar-refractivity contribution in [3.63, 3.8) is 0 Å². The average Bonchev–Trinajstić information content (AvgIpc) is 3.18. The van der Waals surface area contributed by atoms with Crippen LogP contribution in [0, 0.1) is 5.82 Å². The van der Waals surface area contributed by atoms with Crippen LogP contribution in [-0.2, 0) is 6.54 Å². The van der Waals surface area contributed by atoms with Crippen LogP contribution < -0.4 is 5.76 Å². The van der Waals surface area contributed by atoms with E-state index >= 15 is 0 Å². The van der Waals surface area contributed by atoms with E-state index in [2.05, 4.69) is 14.7 Å². The number of carbonyl (C=O) groups is 1. The summed E-state index contributed by atoms with van der Waals surface area (Å²) in [6.45, 7) is 0.433. The maximum Gasteiger partial charge on any atom is 0.439 e. The minimum Gasteiger partial charge on any atom is -0.342 e. The second-order valence-corrected chi connectivity index (χ2v) is 5.64. The lowest BCUT2D eigenvalue weighted by molar-refractivity contribution is 0.112. The lowest BCUT2D eigenvalue weighted by Gasteiger charge is -2.06. The number of hydrogen-bond acceptors (Lipinski definition) is 4. The maximum atomic E-state index is 13.4. The number of rotatable bonds is 4. The van der Waals surface area contributed by atoms with Gasteiger partial charge in [-0.05, 0) is 35.9 Å². The van der Waals surface area contributed by atoms with E-state index in [1.54, 1.807) is 24.4 Å². The smallest absolute Gasteiger partial charge is 0.342 e. The van der Waals surface area contributed by atoms with Gasteiger partial charge in [-0.1, -0.05) is 17.3 Å². The highest BCUT2D eigenvalue weighted by atomic mass is 19.1. The molecule has 0 saturated carbocycles. The number of carbonyl (C=O) groups excluding carboxylic acids is 1. The molecule has 0 aliphatic rings. The summed E-state index contributed by atoms with van der Waals surface area (Å²) in [7, 11) is 0. The summed E-state index contributed by atoms with van der Waals surface area (Å²) >= 11 is 0. The molecule has 0 aliphatic carbocycles. The summed E-state index contributed by atoms with van der Waals surface area (Å²) in [5.74, 6) is -0.655. The van der Waals surface area contributed by atoms with Gasteiger partial charge in [0.2, 0.25) is 0 Å². The average molecular weight is 337 g/mol. The van der Waals surface area contributed by atoms with Gasteiger partial charge in [-0.3, -0.25) is 14.3 Å². The second-order valence-electron chi connectivity index (χ2n) is 5.64. The largest absolute Gasteiger partial charge is 0.439 e. The van der Waals surface area contributed by atoms with Crippen molar-refractivity contribution in [1.29, 1.82) is 0 Å². The molecule has 25 heavy (non-hydrogen) atoms. The van der Waals surface area contributed by atoms with E-state index < -0.39 is 5.76 Å². The lowest BCUT2D eigenvalue weighted by Crippen LogP contribution is -1.98. The first-order chi connectivity index (χ1) is 12.1. The molecule has 1 N–H and O–H groups in total. The molecule has 7 heteroatoms. The molecular weight excluding hydrogens is 325 g/mol. The van der Waals surface area contributed by atoms with Crippen LogP contribution in [0.4, 0.5) is 4.39 Å². The summed E-state index contributed by atoms with van der Waals surface area (Å²) in [5, 5.41) is 4.37. The van der Waals surface area contributed by atoms with Crippen molar-refractivity contribution in [3.8, 4) is 11.4 Å². The Morgan fingerprint density at radius 2 is 2.12 bits per heavy atom. The fourth-order valence-corrected chi connectivity index (χ4v) is 2.88. The quantitative estimate of drug-likeness (QED) is 0.581. The predicted octanol–water partition coefficient (Wildman–Crippen LogP) is 2.98. The van der Waals surface area contributed by atoms with Gasteiger partial charge >= 0.3 is 5.76 Å². The third-order valence-corrected chi connectivity index (χ3v) is 3.99. The predicted molar refractivity (Wildman–Crippen MR) is 88.9 cm³/mol. The molecule has 2 aromatic carbocycles. The molecule has 124 valence electrons. The number of aromatic nitrogens is 3.